The largest absolute Gasteiger partial charge is 0.508 e. The second-order valence-corrected chi connectivity index (χ2v) is 7.51. The minimum absolute atomic E-state index is 0.103. The standard InChI is InChI=1S/C23H31N3O4/c1-7-19(27)9-8-10-21(28)25-17-11-13-18(14-12-17)26-22(29)24-16(2)15-20(30-6)23(3,4)5/h7-9,11-15,27H,2,10H2,1,3-6H3,(H,25,28)(H2,24,26,29)/b9-8-,19-7+,20-15-. The summed E-state index contributed by atoms with van der Waals surface area (Å²) in [5.74, 6) is 0.583. The number of ether oxygens (including phenoxy) is 1. The van der Waals surface area contributed by atoms with Gasteiger partial charge in [0.15, 0.2) is 0 Å². The zero-order chi connectivity index (χ0) is 22.7. The van der Waals surface area contributed by atoms with Gasteiger partial charge in [-0.3, -0.25) is 4.79 Å². The summed E-state index contributed by atoms with van der Waals surface area (Å²) in [7, 11) is 1.58. The molecule has 4 N–H and O–H groups in total. The molecule has 0 bridgehead atoms. The quantitative estimate of drug-likeness (QED) is 0.346. The summed E-state index contributed by atoms with van der Waals surface area (Å²) in [6, 6.07) is 6.26. The lowest BCUT2D eigenvalue weighted by Gasteiger charge is -2.22. The molecule has 7 heteroatoms. The highest BCUT2D eigenvalue weighted by Crippen LogP contribution is 2.26. The van der Waals surface area contributed by atoms with Crippen molar-refractivity contribution >= 4 is 23.3 Å². The summed E-state index contributed by atoms with van der Waals surface area (Å²) >= 11 is 0. The van der Waals surface area contributed by atoms with Gasteiger partial charge in [-0.05, 0) is 49.4 Å². The number of hydrogen-bond donors (Lipinski definition) is 4. The van der Waals surface area contributed by atoms with E-state index in [-0.39, 0.29) is 23.5 Å². The third kappa shape index (κ3) is 9.14. The molecule has 0 aliphatic heterocycles. The number of rotatable bonds is 8. The molecule has 3 amide bonds. The van der Waals surface area contributed by atoms with Gasteiger partial charge in [0.05, 0.1) is 7.11 Å². The van der Waals surface area contributed by atoms with Gasteiger partial charge in [0.25, 0.3) is 0 Å². The van der Waals surface area contributed by atoms with Gasteiger partial charge in [-0.1, -0.05) is 33.4 Å². The molecule has 0 aromatic heterocycles. The topological polar surface area (TPSA) is 99.7 Å². The molecule has 0 radical (unpaired) electrons. The molecule has 0 heterocycles. The average Bonchev–Trinajstić information content (AvgIpc) is 2.66. The fourth-order valence-electron chi connectivity index (χ4n) is 2.32. The normalized spacial score (nSPS) is 12.4. The fraction of sp³-hybridized carbons (Fsp3) is 0.304. The zero-order valence-electron chi connectivity index (χ0n) is 18.2. The molecular weight excluding hydrogens is 382 g/mol. The monoisotopic (exact) mass is 413 g/mol. The molecule has 1 rings (SSSR count). The highest BCUT2D eigenvalue weighted by molar-refractivity contribution is 5.93. The Hall–Kier alpha value is -3.48. The summed E-state index contributed by atoms with van der Waals surface area (Å²) < 4.78 is 5.35. The molecule has 0 spiro atoms. The predicted molar refractivity (Wildman–Crippen MR) is 121 cm³/mol. The molecule has 0 aliphatic carbocycles. The first-order valence-electron chi connectivity index (χ1n) is 9.50. The molecule has 0 atom stereocenters. The van der Waals surface area contributed by atoms with Crippen LogP contribution in [-0.2, 0) is 9.53 Å². The minimum atomic E-state index is -0.439. The molecule has 162 valence electrons. The Balaban J connectivity index is 2.58. The molecule has 1 aromatic rings. The summed E-state index contributed by atoms with van der Waals surface area (Å²) in [5.41, 5.74) is 1.35. The highest BCUT2D eigenvalue weighted by Gasteiger charge is 2.18. The molecule has 0 saturated carbocycles. The molecular formula is C23H31N3O4. The third-order valence-electron chi connectivity index (χ3n) is 3.85. The minimum Gasteiger partial charge on any atom is -0.508 e. The summed E-state index contributed by atoms with van der Waals surface area (Å²) in [4.78, 5) is 24.0. The lowest BCUT2D eigenvalue weighted by atomic mass is 9.93. The van der Waals surface area contributed by atoms with Crippen molar-refractivity contribution in [2.75, 3.05) is 17.7 Å². The number of methoxy groups -OCH3 is 1. The van der Waals surface area contributed by atoms with Gasteiger partial charge >= 0.3 is 6.03 Å². The Kier molecular flexibility index (Phi) is 9.42. The van der Waals surface area contributed by atoms with Crippen molar-refractivity contribution in [3.63, 3.8) is 0 Å². The highest BCUT2D eigenvalue weighted by atomic mass is 16.5. The van der Waals surface area contributed by atoms with Crippen LogP contribution in [-0.4, -0.2) is 24.2 Å². The van der Waals surface area contributed by atoms with Gasteiger partial charge in [-0.25, -0.2) is 4.79 Å². The Morgan fingerprint density at radius 3 is 2.20 bits per heavy atom. The summed E-state index contributed by atoms with van der Waals surface area (Å²) in [5, 5.41) is 17.4. The zero-order valence-corrected chi connectivity index (χ0v) is 18.2. The second-order valence-electron chi connectivity index (χ2n) is 7.51. The van der Waals surface area contributed by atoms with Crippen molar-refractivity contribution < 1.29 is 19.4 Å². The van der Waals surface area contributed by atoms with Crippen molar-refractivity contribution in [1.29, 1.82) is 0 Å². The van der Waals surface area contributed by atoms with E-state index in [1.54, 1.807) is 50.5 Å². The molecule has 0 aliphatic rings. The molecule has 0 unspecified atom stereocenters. The Bertz CT molecular complexity index is 844. The fourth-order valence-corrected chi connectivity index (χ4v) is 2.32. The maximum Gasteiger partial charge on any atom is 0.323 e. The number of urea groups is 1. The van der Waals surface area contributed by atoms with Crippen molar-refractivity contribution in [2.45, 2.75) is 34.1 Å². The Morgan fingerprint density at radius 1 is 1.13 bits per heavy atom. The first-order chi connectivity index (χ1) is 14.0. The van der Waals surface area contributed by atoms with Gasteiger partial charge in [0.2, 0.25) is 5.91 Å². The Labute approximate surface area is 178 Å². The SMILES string of the molecule is C=C(/C=C(\OC)C(C)(C)C)NC(=O)Nc1ccc(NC(=O)C/C=C\C(O)=C/C)cc1. The molecule has 7 nitrogen and oxygen atoms in total. The van der Waals surface area contributed by atoms with Crippen LogP contribution >= 0.6 is 0 Å². The van der Waals surface area contributed by atoms with Crippen molar-refractivity contribution in [3.05, 3.63) is 72.4 Å². The molecule has 0 saturated heterocycles. The van der Waals surface area contributed by atoms with E-state index < -0.39 is 6.03 Å². The number of carbonyl (C=O) groups excluding carboxylic acids is 2. The lowest BCUT2D eigenvalue weighted by molar-refractivity contribution is -0.115. The summed E-state index contributed by atoms with van der Waals surface area (Å²) in [6.45, 7) is 11.5. The molecule has 30 heavy (non-hydrogen) atoms. The van der Waals surface area contributed by atoms with Crippen LogP contribution in [0.3, 0.4) is 0 Å². The number of benzene rings is 1. The van der Waals surface area contributed by atoms with E-state index in [0.717, 1.165) is 0 Å². The van der Waals surface area contributed by atoms with Crippen LogP contribution in [0.1, 0.15) is 34.1 Å². The van der Waals surface area contributed by atoms with E-state index in [1.165, 1.54) is 12.2 Å². The smallest absolute Gasteiger partial charge is 0.323 e. The average molecular weight is 414 g/mol. The van der Waals surface area contributed by atoms with Crippen molar-refractivity contribution in [3.8, 4) is 0 Å². The van der Waals surface area contributed by atoms with E-state index in [9.17, 15) is 14.7 Å². The van der Waals surface area contributed by atoms with Crippen LogP contribution in [0.4, 0.5) is 16.2 Å². The number of allylic oxidation sites excluding steroid dienone is 4. The number of aliphatic hydroxyl groups excluding tert-OH is 1. The molecule has 1 aromatic carbocycles. The lowest BCUT2D eigenvalue weighted by Crippen LogP contribution is -2.27. The van der Waals surface area contributed by atoms with E-state index in [4.69, 9.17) is 4.74 Å². The molecule has 0 fully saturated rings. The van der Waals surface area contributed by atoms with Crippen LogP contribution in [0.5, 0.6) is 0 Å². The van der Waals surface area contributed by atoms with Crippen LogP contribution < -0.4 is 16.0 Å². The number of amides is 3. The summed E-state index contributed by atoms with van der Waals surface area (Å²) in [6.07, 6.45) is 6.38. The van der Waals surface area contributed by atoms with Crippen LogP contribution in [0, 0.1) is 5.41 Å². The van der Waals surface area contributed by atoms with E-state index in [1.807, 2.05) is 20.8 Å². The van der Waals surface area contributed by atoms with E-state index >= 15 is 0 Å². The van der Waals surface area contributed by atoms with Crippen LogP contribution in [0.15, 0.2) is 72.4 Å². The van der Waals surface area contributed by atoms with Gasteiger partial charge in [-0.15, -0.1) is 0 Å². The van der Waals surface area contributed by atoms with Crippen LogP contribution in [0.2, 0.25) is 0 Å². The number of anilines is 2. The van der Waals surface area contributed by atoms with Crippen molar-refractivity contribution in [2.24, 2.45) is 5.41 Å². The number of carbonyl (C=O) groups is 2. The third-order valence-corrected chi connectivity index (χ3v) is 3.85. The number of aliphatic hydroxyl groups is 1. The first-order valence-corrected chi connectivity index (χ1v) is 9.50. The maximum atomic E-state index is 12.1. The van der Waals surface area contributed by atoms with Gasteiger partial charge in [-0.2, -0.15) is 0 Å². The van der Waals surface area contributed by atoms with Gasteiger partial charge in [0, 0.05) is 28.9 Å². The van der Waals surface area contributed by atoms with Crippen molar-refractivity contribution in [1.82, 2.24) is 5.32 Å². The van der Waals surface area contributed by atoms with E-state index in [0.29, 0.717) is 22.8 Å². The Morgan fingerprint density at radius 2 is 1.70 bits per heavy atom. The number of nitrogens with one attached hydrogen (secondary N) is 3. The van der Waals surface area contributed by atoms with Crippen LogP contribution in [0.25, 0.3) is 0 Å². The van der Waals surface area contributed by atoms with Gasteiger partial charge in [0.1, 0.15) is 11.5 Å². The first kappa shape index (κ1) is 24.6. The van der Waals surface area contributed by atoms with E-state index in [2.05, 4.69) is 22.5 Å². The maximum absolute atomic E-state index is 12.1. The van der Waals surface area contributed by atoms with Gasteiger partial charge < -0.3 is 25.8 Å². The predicted octanol–water partition coefficient (Wildman–Crippen LogP) is 5.24. The second kappa shape index (κ2) is 11.5. The number of hydrogen-bond acceptors (Lipinski definition) is 4.